The summed E-state index contributed by atoms with van der Waals surface area (Å²) in [6, 6.07) is 24.9. The zero-order valence-corrected chi connectivity index (χ0v) is 37.9. The summed E-state index contributed by atoms with van der Waals surface area (Å²) >= 11 is 12.7. The molecule has 2 bridgehead atoms. The van der Waals surface area contributed by atoms with Crippen LogP contribution in [0, 0.1) is 0 Å². The van der Waals surface area contributed by atoms with Crippen LogP contribution in [0.4, 0.5) is 4.79 Å². The largest absolute Gasteiger partial charge is 0.457 e. The highest BCUT2D eigenvalue weighted by atomic mass is 35.5. The Morgan fingerprint density at radius 3 is 2.30 bits per heavy atom. The number of carbonyl (C=O) groups is 4. The van der Waals surface area contributed by atoms with Crippen LogP contribution in [0.2, 0.25) is 10.0 Å². The van der Waals surface area contributed by atoms with E-state index in [0.29, 0.717) is 59.5 Å². The second-order valence-electron chi connectivity index (χ2n) is 16.9. The van der Waals surface area contributed by atoms with Crippen LogP contribution in [-0.4, -0.2) is 111 Å². The third kappa shape index (κ3) is 11.0. The molecule has 4 atom stereocenters. The van der Waals surface area contributed by atoms with Crippen LogP contribution in [0.5, 0.6) is 11.5 Å². The number of carbonyl (C=O) groups excluding carboxylic acids is 4. The molecular weight excluding hydrogens is 855 g/mol. The van der Waals surface area contributed by atoms with E-state index in [1.807, 2.05) is 98.6 Å². The van der Waals surface area contributed by atoms with E-state index >= 15 is 0 Å². The highest BCUT2D eigenvalue weighted by Crippen LogP contribution is 2.33. The molecule has 0 unspecified atom stereocenters. The molecule has 7 rings (SSSR count). The minimum absolute atomic E-state index is 0.125. The van der Waals surface area contributed by atoms with Crippen LogP contribution in [0.1, 0.15) is 42.3 Å². The fourth-order valence-corrected chi connectivity index (χ4v) is 8.66. The van der Waals surface area contributed by atoms with Crippen molar-refractivity contribution in [2.24, 2.45) is 7.05 Å². The number of nitrogens with zero attached hydrogens (tertiary/aromatic N) is 5. The lowest BCUT2D eigenvalue weighted by Gasteiger charge is -2.45. The SMILES string of the molecule is C[C@H]1C(=O)N[C@@H](CO)C(=O)N[C@@]2(Cc3ccc(Cl)cc3)CCCN(C2)C(=O)[C@H](Cc2ccccc2)NC(=O)N1Cc1ccc(Cl)cc1Oc1ccc(-c2cnc(CN(C)C)n2C)cc1. The molecule has 14 nitrogen and oxygen atoms in total. The standard InChI is InChI=1S/C48H54Cl2N8O6/c1-31-44(60)52-40(29-59)45(61)54-48(25-33-11-16-36(49)17-12-33)21-8-22-57(30-48)46(62)39(23-32-9-6-5-7-10-32)53-47(63)58(31)27-35-13-18-37(50)24-42(35)64-38-19-14-34(15-20-38)41-26-51-43(56(41)4)28-55(2)3/h5-7,9-20,24,26,31,39-40,59H,8,21-23,25,27-30H2,1-4H3,(H,52,60)(H,53,63)(H,54,61)/t31-,39-,40-,48+/m0/s1. The molecule has 336 valence electrons. The highest BCUT2D eigenvalue weighted by molar-refractivity contribution is 6.31. The summed E-state index contributed by atoms with van der Waals surface area (Å²) in [5.41, 5.74) is 3.13. The lowest BCUT2D eigenvalue weighted by atomic mass is 9.82. The molecule has 64 heavy (non-hydrogen) atoms. The molecule has 16 heteroatoms. The quantitative estimate of drug-likeness (QED) is 0.119. The molecule has 2 aliphatic rings. The van der Waals surface area contributed by atoms with E-state index in [2.05, 4.69) is 25.8 Å². The van der Waals surface area contributed by atoms with E-state index in [9.17, 15) is 24.3 Å². The van der Waals surface area contributed by atoms with E-state index in [-0.39, 0.29) is 25.4 Å². The Bertz CT molecular complexity index is 2450. The molecule has 5 aromatic rings. The van der Waals surface area contributed by atoms with Crippen LogP contribution in [0.3, 0.4) is 0 Å². The number of fused-ring (bicyclic) bond motifs is 2. The minimum Gasteiger partial charge on any atom is -0.457 e. The van der Waals surface area contributed by atoms with Gasteiger partial charge >= 0.3 is 6.03 Å². The number of amides is 5. The van der Waals surface area contributed by atoms with Gasteiger partial charge in [0.2, 0.25) is 17.7 Å². The van der Waals surface area contributed by atoms with E-state index in [1.54, 1.807) is 35.2 Å². The molecule has 5 amide bonds. The number of benzene rings is 4. The van der Waals surface area contributed by atoms with Crippen LogP contribution in [0.25, 0.3) is 11.3 Å². The van der Waals surface area contributed by atoms with Crippen molar-refractivity contribution in [3.8, 4) is 22.8 Å². The first-order valence-electron chi connectivity index (χ1n) is 21.3. The third-order valence-corrected chi connectivity index (χ3v) is 12.3. The number of aliphatic hydroxyl groups excluding tert-OH is 1. The number of halogens is 2. The van der Waals surface area contributed by atoms with Gasteiger partial charge in [-0.15, -0.1) is 0 Å². The number of imidazole rings is 1. The van der Waals surface area contributed by atoms with Crippen molar-refractivity contribution in [2.75, 3.05) is 33.8 Å². The van der Waals surface area contributed by atoms with Crippen molar-refractivity contribution in [2.45, 2.75) is 69.4 Å². The molecule has 2 aliphatic heterocycles. The number of piperidine rings is 1. The number of hydrogen-bond acceptors (Lipinski definition) is 8. The average Bonchev–Trinajstić information content (AvgIpc) is 3.63. The lowest BCUT2D eigenvalue weighted by Crippen LogP contribution is -2.67. The number of hydrogen-bond donors (Lipinski definition) is 4. The number of rotatable bonds is 12. The van der Waals surface area contributed by atoms with Gasteiger partial charge < -0.3 is 45.1 Å². The summed E-state index contributed by atoms with van der Waals surface area (Å²) in [5.74, 6) is 0.117. The Balaban J connectivity index is 1.20. The van der Waals surface area contributed by atoms with E-state index < -0.39 is 48.1 Å². The Morgan fingerprint density at radius 2 is 1.59 bits per heavy atom. The maximum absolute atomic E-state index is 14.8. The second-order valence-corrected chi connectivity index (χ2v) is 17.8. The average molecular weight is 910 g/mol. The zero-order valence-electron chi connectivity index (χ0n) is 36.4. The van der Waals surface area contributed by atoms with E-state index in [0.717, 1.165) is 28.2 Å². The zero-order chi connectivity index (χ0) is 45.5. The number of urea groups is 1. The van der Waals surface area contributed by atoms with Crippen LogP contribution in [-0.2, 0) is 47.4 Å². The van der Waals surface area contributed by atoms with Gasteiger partial charge in [-0.2, -0.15) is 0 Å². The first-order chi connectivity index (χ1) is 30.7. The highest BCUT2D eigenvalue weighted by Gasteiger charge is 2.43. The molecule has 0 radical (unpaired) electrons. The molecule has 4 N–H and O–H groups in total. The molecule has 0 spiro atoms. The van der Waals surface area contributed by atoms with Crippen molar-refractivity contribution in [3.63, 3.8) is 0 Å². The van der Waals surface area contributed by atoms with Crippen molar-refractivity contribution < 1.29 is 29.0 Å². The Labute approximate surface area is 383 Å². The van der Waals surface area contributed by atoms with Gasteiger partial charge in [0, 0.05) is 47.7 Å². The monoisotopic (exact) mass is 908 g/mol. The Hall–Kier alpha value is -5.93. The fourth-order valence-electron chi connectivity index (χ4n) is 8.37. The molecule has 2 saturated heterocycles. The molecule has 3 heterocycles. The molecule has 2 fully saturated rings. The van der Waals surface area contributed by atoms with Gasteiger partial charge in [-0.3, -0.25) is 14.4 Å². The van der Waals surface area contributed by atoms with Crippen LogP contribution < -0.4 is 20.7 Å². The predicted octanol–water partition coefficient (Wildman–Crippen LogP) is 5.97. The van der Waals surface area contributed by atoms with Gasteiger partial charge in [0.1, 0.15) is 35.4 Å². The normalized spacial score (nSPS) is 21.0. The fraction of sp³-hybridized carbons (Fsp3) is 0.354. The number of aromatic nitrogens is 2. The third-order valence-electron chi connectivity index (χ3n) is 11.8. The van der Waals surface area contributed by atoms with E-state index in [1.165, 1.54) is 11.8 Å². The van der Waals surface area contributed by atoms with Crippen molar-refractivity contribution in [1.29, 1.82) is 0 Å². The summed E-state index contributed by atoms with van der Waals surface area (Å²) in [4.78, 5) is 67.5. The van der Waals surface area contributed by atoms with Gasteiger partial charge in [0.15, 0.2) is 0 Å². The maximum Gasteiger partial charge on any atom is 0.319 e. The smallest absolute Gasteiger partial charge is 0.319 e. The lowest BCUT2D eigenvalue weighted by molar-refractivity contribution is -0.138. The first kappa shape index (κ1) is 46.1. The summed E-state index contributed by atoms with van der Waals surface area (Å²) in [7, 11) is 5.96. The van der Waals surface area contributed by atoms with Crippen molar-refractivity contribution in [1.82, 2.24) is 40.2 Å². The molecule has 4 aromatic carbocycles. The number of ether oxygens (including phenoxy) is 1. The minimum atomic E-state index is -1.36. The maximum atomic E-state index is 14.8. The van der Waals surface area contributed by atoms with Crippen LogP contribution >= 0.6 is 23.2 Å². The van der Waals surface area contributed by atoms with Crippen molar-refractivity contribution >= 4 is 47.0 Å². The molecule has 0 saturated carbocycles. The number of nitrogens with one attached hydrogen (secondary N) is 3. The summed E-state index contributed by atoms with van der Waals surface area (Å²) in [5, 5.41) is 20.3. The van der Waals surface area contributed by atoms with Gasteiger partial charge in [-0.05, 0) is 99.9 Å². The second kappa shape index (κ2) is 20.3. The first-order valence-corrected chi connectivity index (χ1v) is 22.1. The molecule has 0 aliphatic carbocycles. The van der Waals surface area contributed by atoms with E-state index in [4.69, 9.17) is 27.9 Å². The Kier molecular flexibility index (Phi) is 14.6. The van der Waals surface area contributed by atoms with Gasteiger partial charge in [-0.25, -0.2) is 9.78 Å². The Morgan fingerprint density at radius 1 is 0.875 bits per heavy atom. The molecular formula is C48H54Cl2N8O6. The van der Waals surface area contributed by atoms with Crippen LogP contribution in [0.15, 0.2) is 103 Å². The summed E-state index contributed by atoms with van der Waals surface area (Å²) in [6.45, 7) is 1.87. The summed E-state index contributed by atoms with van der Waals surface area (Å²) in [6.07, 6.45) is 3.43. The number of aliphatic hydroxyl groups is 1. The molecule has 1 aromatic heterocycles. The van der Waals surface area contributed by atoms with Gasteiger partial charge in [0.25, 0.3) is 0 Å². The summed E-state index contributed by atoms with van der Waals surface area (Å²) < 4.78 is 8.46. The predicted molar refractivity (Wildman–Crippen MR) is 246 cm³/mol. The van der Waals surface area contributed by atoms with Crippen molar-refractivity contribution in [3.05, 3.63) is 136 Å². The van der Waals surface area contributed by atoms with Gasteiger partial charge in [0.05, 0.1) is 37.1 Å². The topological polar surface area (TPSA) is 161 Å². The van der Waals surface area contributed by atoms with Gasteiger partial charge in [-0.1, -0.05) is 71.7 Å².